The van der Waals surface area contributed by atoms with E-state index in [0.29, 0.717) is 11.3 Å². The van der Waals surface area contributed by atoms with E-state index in [0.717, 1.165) is 17.0 Å². The Labute approximate surface area is 203 Å². The van der Waals surface area contributed by atoms with Crippen LogP contribution in [0, 0.1) is 0 Å². The van der Waals surface area contributed by atoms with Crippen molar-refractivity contribution in [2.45, 2.75) is 32.3 Å². The molecule has 3 aromatic rings. The Morgan fingerprint density at radius 1 is 0.972 bits per heavy atom. The number of pyridine rings is 1. The number of nitrogens with zero attached hydrogens (tertiary/aromatic N) is 3. The molecular formula is C25H20F3N3O5. The molecule has 11 heteroatoms. The number of esters is 1. The molecule has 2 aromatic carbocycles. The summed E-state index contributed by atoms with van der Waals surface area (Å²) in [5, 5.41) is 0. The molecule has 4 rings (SSSR count). The molecule has 0 aliphatic carbocycles. The molecule has 1 aliphatic heterocycles. The van der Waals surface area contributed by atoms with Crippen LogP contribution >= 0.6 is 0 Å². The number of hydrogen-bond donors (Lipinski definition) is 0. The molecule has 0 radical (unpaired) electrons. The highest BCUT2D eigenvalue weighted by Crippen LogP contribution is 2.34. The molecule has 186 valence electrons. The Hall–Kier alpha value is -4.41. The van der Waals surface area contributed by atoms with Gasteiger partial charge in [-0.3, -0.25) is 4.79 Å². The number of rotatable bonds is 6. The molecular weight excluding hydrogens is 479 g/mol. The molecule has 1 aliphatic rings. The van der Waals surface area contributed by atoms with E-state index in [-0.39, 0.29) is 17.9 Å². The van der Waals surface area contributed by atoms with Gasteiger partial charge in [-0.1, -0.05) is 18.2 Å². The van der Waals surface area contributed by atoms with Gasteiger partial charge < -0.3 is 14.4 Å². The van der Waals surface area contributed by atoms with Crippen LogP contribution in [0.2, 0.25) is 0 Å². The van der Waals surface area contributed by atoms with Gasteiger partial charge in [0.1, 0.15) is 22.7 Å². The van der Waals surface area contributed by atoms with Gasteiger partial charge in [0.15, 0.2) is 0 Å². The zero-order valence-corrected chi connectivity index (χ0v) is 19.2. The zero-order valence-electron chi connectivity index (χ0n) is 19.2. The highest BCUT2D eigenvalue weighted by Gasteiger charge is 2.51. The predicted molar refractivity (Wildman–Crippen MR) is 121 cm³/mol. The second-order valence-corrected chi connectivity index (χ2v) is 8.36. The van der Waals surface area contributed by atoms with E-state index < -0.39 is 35.6 Å². The molecule has 0 bridgehead atoms. The van der Waals surface area contributed by atoms with Crippen molar-refractivity contribution in [3.05, 3.63) is 84.2 Å². The number of aromatic nitrogens is 1. The van der Waals surface area contributed by atoms with Gasteiger partial charge in [0.2, 0.25) is 0 Å². The molecule has 1 fully saturated rings. The molecule has 0 spiro atoms. The Balaban J connectivity index is 1.53. The molecule has 0 atom stereocenters. The molecule has 1 aromatic heterocycles. The third-order valence-electron chi connectivity index (χ3n) is 5.48. The monoisotopic (exact) mass is 499 g/mol. The van der Waals surface area contributed by atoms with Gasteiger partial charge in [0.25, 0.3) is 5.91 Å². The number of hydrogen-bond acceptors (Lipinski definition) is 6. The maximum atomic E-state index is 13.2. The number of benzene rings is 2. The predicted octanol–water partition coefficient (Wildman–Crippen LogP) is 4.95. The number of alkyl halides is 3. The normalized spacial score (nSPS) is 15.2. The van der Waals surface area contributed by atoms with Gasteiger partial charge in [-0.2, -0.15) is 0 Å². The number of urea groups is 1. The SMILES string of the molecule is CC1(C)C(=O)N(c2ccc(OC(F)(F)F)cc2)C(=O)N1Cc1ccnc(C(=O)Oc2ccccc2)c1. The second-order valence-electron chi connectivity index (χ2n) is 8.36. The van der Waals surface area contributed by atoms with Crippen LogP contribution in [0.1, 0.15) is 29.9 Å². The lowest BCUT2D eigenvalue weighted by atomic mass is 10.0. The molecule has 2 heterocycles. The minimum Gasteiger partial charge on any atom is -0.422 e. The third kappa shape index (κ3) is 5.14. The van der Waals surface area contributed by atoms with E-state index >= 15 is 0 Å². The first kappa shape index (κ1) is 24.7. The molecule has 3 amide bonds. The fraction of sp³-hybridized carbons (Fsp3) is 0.200. The highest BCUT2D eigenvalue weighted by atomic mass is 19.4. The summed E-state index contributed by atoms with van der Waals surface area (Å²) in [6.07, 6.45) is -3.47. The zero-order chi connectivity index (χ0) is 26.1. The van der Waals surface area contributed by atoms with E-state index in [1.165, 1.54) is 29.3 Å². The van der Waals surface area contributed by atoms with Gasteiger partial charge in [-0.05, 0) is 67.9 Å². The summed E-state index contributed by atoms with van der Waals surface area (Å²) in [6, 6.07) is 15.3. The van der Waals surface area contributed by atoms with Crippen molar-refractivity contribution in [2.24, 2.45) is 0 Å². The maximum absolute atomic E-state index is 13.2. The van der Waals surface area contributed by atoms with Crippen LogP contribution in [0.5, 0.6) is 11.5 Å². The van der Waals surface area contributed by atoms with E-state index in [1.54, 1.807) is 50.2 Å². The molecule has 0 unspecified atom stereocenters. The number of ether oxygens (including phenoxy) is 2. The summed E-state index contributed by atoms with van der Waals surface area (Å²) in [5.41, 5.74) is -0.636. The second kappa shape index (κ2) is 9.33. The van der Waals surface area contributed by atoms with Crippen LogP contribution in [0.15, 0.2) is 72.9 Å². The van der Waals surface area contributed by atoms with Crippen LogP contribution in [0.25, 0.3) is 0 Å². The van der Waals surface area contributed by atoms with E-state index in [4.69, 9.17) is 4.74 Å². The number of amides is 3. The van der Waals surface area contributed by atoms with E-state index in [2.05, 4.69) is 9.72 Å². The summed E-state index contributed by atoms with van der Waals surface area (Å²) in [5.74, 6) is -1.38. The average Bonchev–Trinajstić information content (AvgIpc) is 2.99. The molecule has 0 saturated carbocycles. The summed E-state index contributed by atoms with van der Waals surface area (Å²) in [6.45, 7) is 3.08. The Bertz CT molecular complexity index is 1290. The minimum atomic E-state index is -4.86. The lowest BCUT2D eigenvalue weighted by molar-refractivity contribution is -0.274. The maximum Gasteiger partial charge on any atom is 0.573 e. The standard InChI is InChI=1S/C25H20F3N3O5/c1-24(2)22(33)31(17-8-10-19(11-9-17)36-25(26,27)28)23(34)30(24)15-16-12-13-29-20(14-16)21(32)35-18-6-4-3-5-7-18/h3-14H,15H2,1-2H3. The number of para-hydroxylation sites is 1. The summed E-state index contributed by atoms with van der Waals surface area (Å²) in [7, 11) is 0. The molecule has 36 heavy (non-hydrogen) atoms. The summed E-state index contributed by atoms with van der Waals surface area (Å²) >= 11 is 0. The number of anilines is 1. The van der Waals surface area contributed by atoms with Crippen LogP contribution in [-0.2, 0) is 11.3 Å². The average molecular weight is 499 g/mol. The fourth-order valence-corrected chi connectivity index (χ4v) is 3.64. The van der Waals surface area contributed by atoms with Crippen molar-refractivity contribution in [1.29, 1.82) is 0 Å². The van der Waals surface area contributed by atoms with Gasteiger partial charge in [0.05, 0.1) is 5.69 Å². The molecule has 8 nitrogen and oxygen atoms in total. The van der Waals surface area contributed by atoms with Gasteiger partial charge in [0, 0.05) is 12.7 Å². The molecule has 1 saturated heterocycles. The van der Waals surface area contributed by atoms with Crippen molar-refractivity contribution >= 4 is 23.6 Å². The van der Waals surface area contributed by atoms with Crippen LogP contribution in [0.3, 0.4) is 0 Å². The van der Waals surface area contributed by atoms with E-state index in [1.807, 2.05) is 0 Å². The lowest BCUT2D eigenvalue weighted by Crippen LogP contribution is -2.43. The summed E-state index contributed by atoms with van der Waals surface area (Å²) < 4.78 is 46.4. The molecule has 0 N–H and O–H groups in total. The van der Waals surface area contributed by atoms with Crippen molar-refractivity contribution in [3.8, 4) is 11.5 Å². The Kier molecular flexibility index (Phi) is 6.40. The highest BCUT2D eigenvalue weighted by molar-refractivity contribution is 6.22. The van der Waals surface area contributed by atoms with Crippen LogP contribution in [-0.4, -0.2) is 39.7 Å². The Morgan fingerprint density at radius 2 is 1.64 bits per heavy atom. The van der Waals surface area contributed by atoms with Crippen LogP contribution in [0.4, 0.5) is 23.7 Å². The van der Waals surface area contributed by atoms with Crippen molar-refractivity contribution in [1.82, 2.24) is 9.88 Å². The van der Waals surface area contributed by atoms with E-state index in [9.17, 15) is 27.6 Å². The topological polar surface area (TPSA) is 89.0 Å². The van der Waals surface area contributed by atoms with Gasteiger partial charge in [-0.15, -0.1) is 13.2 Å². The largest absolute Gasteiger partial charge is 0.573 e. The first-order valence-electron chi connectivity index (χ1n) is 10.7. The van der Waals surface area contributed by atoms with Crippen molar-refractivity contribution in [3.63, 3.8) is 0 Å². The first-order valence-corrected chi connectivity index (χ1v) is 10.7. The lowest BCUT2D eigenvalue weighted by Gasteiger charge is -2.27. The summed E-state index contributed by atoms with van der Waals surface area (Å²) in [4.78, 5) is 45.0. The third-order valence-corrected chi connectivity index (χ3v) is 5.48. The smallest absolute Gasteiger partial charge is 0.422 e. The van der Waals surface area contributed by atoms with Crippen LogP contribution < -0.4 is 14.4 Å². The quantitative estimate of drug-likeness (QED) is 0.271. The van der Waals surface area contributed by atoms with Crippen molar-refractivity contribution in [2.75, 3.05) is 4.90 Å². The number of imide groups is 1. The number of carbonyl (C=O) groups is 3. The fourth-order valence-electron chi connectivity index (χ4n) is 3.64. The van der Waals surface area contributed by atoms with Gasteiger partial charge in [-0.25, -0.2) is 19.5 Å². The Morgan fingerprint density at radius 3 is 2.28 bits per heavy atom. The number of carbonyl (C=O) groups excluding carboxylic acids is 3. The first-order chi connectivity index (χ1) is 17.0. The van der Waals surface area contributed by atoms with Crippen molar-refractivity contribution < 1.29 is 37.0 Å². The minimum absolute atomic E-state index is 0.0178. The van der Waals surface area contributed by atoms with Gasteiger partial charge >= 0.3 is 18.4 Å². The number of halogens is 3.